The number of benzene rings is 1. The zero-order valence-electron chi connectivity index (χ0n) is 11.5. The summed E-state index contributed by atoms with van der Waals surface area (Å²) in [5.41, 5.74) is 11.4. The van der Waals surface area contributed by atoms with Crippen LogP contribution < -0.4 is 16.8 Å². The maximum Gasteiger partial charge on any atom is 0.250 e. The molecule has 1 rings (SSSR count). The van der Waals surface area contributed by atoms with Gasteiger partial charge in [0, 0.05) is 12.1 Å². The van der Waals surface area contributed by atoms with Crippen molar-refractivity contribution in [2.75, 3.05) is 11.9 Å². The van der Waals surface area contributed by atoms with E-state index in [2.05, 4.69) is 12.2 Å². The summed E-state index contributed by atoms with van der Waals surface area (Å²) in [4.78, 5) is 23.0. The molecule has 0 aliphatic heterocycles. The number of hydrogen-bond donors (Lipinski definition) is 3. The second-order valence-electron chi connectivity index (χ2n) is 4.83. The lowest BCUT2D eigenvalue weighted by molar-refractivity contribution is -0.116. The summed E-state index contributed by atoms with van der Waals surface area (Å²) in [5.74, 6) is -0.313. The quantitative estimate of drug-likeness (QED) is 0.719. The van der Waals surface area contributed by atoms with E-state index in [-0.39, 0.29) is 16.5 Å². The molecular weight excluding hydrogens is 278 g/mol. The third kappa shape index (κ3) is 5.19. The number of amides is 2. The van der Waals surface area contributed by atoms with Crippen molar-refractivity contribution in [3.05, 3.63) is 28.8 Å². The van der Waals surface area contributed by atoms with Crippen molar-refractivity contribution in [2.45, 2.75) is 26.2 Å². The molecule has 110 valence electrons. The highest BCUT2D eigenvalue weighted by atomic mass is 35.5. The van der Waals surface area contributed by atoms with Crippen LogP contribution in [0.15, 0.2) is 18.2 Å². The molecule has 6 heteroatoms. The Morgan fingerprint density at radius 1 is 1.35 bits per heavy atom. The van der Waals surface area contributed by atoms with Crippen molar-refractivity contribution in [1.82, 2.24) is 0 Å². The van der Waals surface area contributed by atoms with Gasteiger partial charge in [0.2, 0.25) is 11.8 Å². The maximum absolute atomic E-state index is 11.8. The molecule has 0 radical (unpaired) electrons. The van der Waals surface area contributed by atoms with Crippen LogP contribution in [0.3, 0.4) is 0 Å². The second-order valence-corrected chi connectivity index (χ2v) is 5.24. The SMILES string of the molecule is CC(CCN)CCC(=O)Nc1ccc(Cl)c(C(N)=O)c1. The Bertz CT molecular complexity index is 491. The van der Waals surface area contributed by atoms with Gasteiger partial charge in [0.1, 0.15) is 0 Å². The van der Waals surface area contributed by atoms with Crippen LogP contribution in [0, 0.1) is 5.92 Å². The molecule has 0 aliphatic rings. The van der Waals surface area contributed by atoms with Gasteiger partial charge < -0.3 is 16.8 Å². The fourth-order valence-electron chi connectivity index (χ4n) is 1.82. The first-order valence-electron chi connectivity index (χ1n) is 6.53. The monoisotopic (exact) mass is 297 g/mol. The topological polar surface area (TPSA) is 98.2 Å². The number of carbonyl (C=O) groups is 2. The molecule has 0 aromatic heterocycles. The summed E-state index contributed by atoms with van der Waals surface area (Å²) in [6.45, 7) is 2.69. The standard InChI is InChI=1S/C14H20ClN3O2/c1-9(6-7-16)2-5-13(19)18-10-3-4-12(15)11(8-10)14(17)20/h3-4,8-9H,2,5-7,16H2,1H3,(H2,17,20)(H,18,19). The largest absolute Gasteiger partial charge is 0.366 e. The third-order valence-corrected chi connectivity index (χ3v) is 3.37. The lowest BCUT2D eigenvalue weighted by atomic mass is 10.0. The van der Waals surface area contributed by atoms with Crippen molar-refractivity contribution >= 4 is 29.1 Å². The molecule has 20 heavy (non-hydrogen) atoms. The molecule has 0 bridgehead atoms. The van der Waals surface area contributed by atoms with Gasteiger partial charge in [0.15, 0.2) is 0 Å². The predicted molar refractivity (Wildman–Crippen MR) is 80.7 cm³/mol. The van der Waals surface area contributed by atoms with Crippen LogP contribution >= 0.6 is 11.6 Å². The minimum absolute atomic E-state index is 0.105. The molecule has 5 nitrogen and oxygen atoms in total. The molecule has 0 spiro atoms. The number of halogens is 1. The zero-order valence-corrected chi connectivity index (χ0v) is 12.2. The van der Waals surface area contributed by atoms with Gasteiger partial charge in [-0.25, -0.2) is 0 Å². The molecule has 1 aromatic carbocycles. The van der Waals surface area contributed by atoms with Crippen LogP contribution in [-0.4, -0.2) is 18.4 Å². The van der Waals surface area contributed by atoms with Gasteiger partial charge in [-0.1, -0.05) is 18.5 Å². The van der Waals surface area contributed by atoms with E-state index in [1.807, 2.05) is 0 Å². The van der Waals surface area contributed by atoms with Gasteiger partial charge in [0.25, 0.3) is 0 Å². The fourth-order valence-corrected chi connectivity index (χ4v) is 2.03. The molecule has 0 saturated carbocycles. The van der Waals surface area contributed by atoms with Gasteiger partial charge in [-0.2, -0.15) is 0 Å². The van der Waals surface area contributed by atoms with Crippen LogP contribution in [0.2, 0.25) is 5.02 Å². The van der Waals surface area contributed by atoms with Crippen LogP contribution in [0.5, 0.6) is 0 Å². The van der Waals surface area contributed by atoms with E-state index in [0.29, 0.717) is 24.6 Å². The number of hydrogen-bond acceptors (Lipinski definition) is 3. The first kappa shape index (κ1) is 16.5. The van der Waals surface area contributed by atoms with Crippen molar-refractivity contribution in [1.29, 1.82) is 0 Å². The normalized spacial score (nSPS) is 11.9. The Hall–Kier alpha value is -1.59. The summed E-state index contributed by atoms with van der Waals surface area (Å²) in [5, 5.41) is 3.00. The molecule has 5 N–H and O–H groups in total. The van der Waals surface area contributed by atoms with Gasteiger partial charge in [-0.15, -0.1) is 0 Å². The number of rotatable bonds is 7. The zero-order chi connectivity index (χ0) is 15.1. The lowest BCUT2D eigenvalue weighted by Gasteiger charge is -2.10. The average molecular weight is 298 g/mol. The predicted octanol–water partition coefficient (Wildman–Crippen LogP) is 2.14. The van der Waals surface area contributed by atoms with E-state index < -0.39 is 5.91 Å². The van der Waals surface area contributed by atoms with E-state index in [1.165, 1.54) is 12.1 Å². The summed E-state index contributed by atoms with van der Waals surface area (Å²) >= 11 is 5.84. The van der Waals surface area contributed by atoms with Crippen molar-refractivity contribution in [3.8, 4) is 0 Å². The van der Waals surface area contributed by atoms with Crippen molar-refractivity contribution < 1.29 is 9.59 Å². The Balaban J connectivity index is 2.58. The minimum atomic E-state index is -0.623. The average Bonchev–Trinajstić information content (AvgIpc) is 2.39. The van der Waals surface area contributed by atoms with E-state index in [9.17, 15) is 9.59 Å². The lowest BCUT2D eigenvalue weighted by Crippen LogP contribution is -2.16. The molecular formula is C14H20ClN3O2. The van der Waals surface area contributed by atoms with E-state index in [1.54, 1.807) is 6.07 Å². The first-order chi connectivity index (χ1) is 9.43. The van der Waals surface area contributed by atoms with Gasteiger partial charge in [-0.05, 0) is 43.5 Å². The minimum Gasteiger partial charge on any atom is -0.366 e. The highest BCUT2D eigenvalue weighted by Gasteiger charge is 2.10. The van der Waals surface area contributed by atoms with Gasteiger partial charge in [0.05, 0.1) is 10.6 Å². The first-order valence-corrected chi connectivity index (χ1v) is 6.91. The molecule has 0 heterocycles. The van der Waals surface area contributed by atoms with Gasteiger partial charge >= 0.3 is 0 Å². The molecule has 1 atom stereocenters. The van der Waals surface area contributed by atoms with Crippen LogP contribution in [0.1, 0.15) is 36.5 Å². The highest BCUT2D eigenvalue weighted by molar-refractivity contribution is 6.33. The molecule has 0 saturated heterocycles. The molecule has 0 fully saturated rings. The van der Waals surface area contributed by atoms with Crippen LogP contribution in [0.25, 0.3) is 0 Å². The second kappa shape index (κ2) is 7.87. The third-order valence-electron chi connectivity index (χ3n) is 3.04. The summed E-state index contributed by atoms with van der Waals surface area (Å²) in [7, 11) is 0. The van der Waals surface area contributed by atoms with Crippen LogP contribution in [0.4, 0.5) is 5.69 Å². The fraction of sp³-hybridized carbons (Fsp3) is 0.429. The number of primary amides is 1. The number of nitrogens with one attached hydrogen (secondary N) is 1. The summed E-state index contributed by atoms with van der Waals surface area (Å²) < 4.78 is 0. The molecule has 1 aromatic rings. The summed E-state index contributed by atoms with van der Waals surface area (Å²) in [6.07, 6.45) is 2.09. The number of nitrogens with two attached hydrogens (primary N) is 2. The molecule has 0 aliphatic carbocycles. The van der Waals surface area contributed by atoms with Crippen LogP contribution in [-0.2, 0) is 4.79 Å². The Morgan fingerprint density at radius 3 is 2.65 bits per heavy atom. The van der Waals surface area contributed by atoms with E-state index in [4.69, 9.17) is 23.1 Å². The van der Waals surface area contributed by atoms with Crippen molar-refractivity contribution in [3.63, 3.8) is 0 Å². The smallest absolute Gasteiger partial charge is 0.250 e. The number of carbonyl (C=O) groups excluding carboxylic acids is 2. The number of anilines is 1. The van der Waals surface area contributed by atoms with Gasteiger partial charge in [-0.3, -0.25) is 9.59 Å². The molecule has 2 amide bonds. The Labute approximate surface area is 123 Å². The van der Waals surface area contributed by atoms with E-state index in [0.717, 1.165) is 12.8 Å². The molecule has 1 unspecified atom stereocenters. The van der Waals surface area contributed by atoms with Crippen molar-refractivity contribution in [2.24, 2.45) is 17.4 Å². The Kier molecular flexibility index (Phi) is 6.48. The maximum atomic E-state index is 11.8. The Morgan fingerprint density at radius 2 is 2.05 bits per heavy atom. The van der Waals surface area contributed by atoms with E-state index >= 15 is 0 Å². The highest BCUT2D eigenvalue weighted by Crippen LogP contribution is 2.20. The summed E-state index contributed by atoms with van der Waals surface area (Å²) in [6, 6.07) is 4.65.